The first-order valence-electron chi connectivity index (χ1n) is 6.17. The molecule has 1 aromatic carbocycles. The van der Waals surface area contributed by atoms with Crippen LogP contribution in [-0.2, 0) is 11.3 Å². The largest absolute Gasteiger partial charge is 0.335 e. The molecule has 1 amide bonds. The monoisotopic (exact) mass is 270 g/mol. The van der Waals surface area contributed by atoms with E-state index in [0.717, 1.165) is 6.42 Å². The zero-order valence-electron chi connectivity index (χ0n) is 11.3. The van der Waals surface area contributed by atoms with E-state index in [2.05, 4.69) is 31.3 Å². The van der Waals surface area contributed by atoms with Crippen LogP contribution >= 0.6 is 12.4 Å². The van der Waals surface area contributed by atoms with Gasteiger partial charge in [0.2, 0.25) is 5.91 Å². The lowest BCUT2D eigenvalue weighted by atomic mass is 10.1. The summed E-state index contributed by atoms with van der Waals surface area (Å²) in [4.78, 5) is 13.9. The number of nitrogens with one attached hydrogen (secondary N) is 1. The van der Waals surface area contributed by atoms with Crippen molar-refractivity contribution in [2.75, 3.05) is 13.6 Å². The van der Waals surface area contributed by atoms with Crippen LogP contribution in [0.5, 0.6) is 0 Å². The van der Waals surface area contributed by atoms with Crippen molar-refractivity contribution in [3.05, 3.63) is 35.9 Å². The summed E-state index contributed by atoms with van der Waals surface area (Å²) in [5, 5.41) is 2.92. The van der Waals surface area contributed by atoms with Crippen molar-refractivity contribution >= 4 is 18.3 Å². The normalized spacial score (nSPS) is 11.5. The molecule has 18 heavy (non-hydrogen) atoms. The highest BCUT2D eigenvalue weighted by atomic mass is 35.5. The zero-order chi connectivity index (χ0) is 12.7. The lowest BCUT2D eigenvalue weighted by molar-refractivity contribution is -0.132. The molecule has 3 nitrogen and oxygen atoms in total. The molecule has 1 rings (SSSR count). The van der Waals surface area contributed by atoms with Gasteiger partial charge in [-0.15, -0.1) is 12.4 Å². The summed E-state index contributed by atoms with van der Waals surface area (Å²) in [5.74, 6) is 0.158. The second-order valence-electron chi connectivity index (χ2n) is 4.29. The van der Waals surface area contributed by atoms with Crippen LogP contribution in [0.25, 0.3) is 0 Å². The second-order valence-corrected chi connectivity index (χ2v) is 4.29. The van der Waals surface area contributed by atoms with Gasteiger partial charge in [0.05, 0.1) is 6.54 Å². The van der Waals surface area contributed by atoms with Crippen molar-refractivity contribution in [3.8, 4) is 0 Å². The summed E-state index contributed by atoms with van der Waals surface area (Å²) in [6.45, 7) is 5.29. The van der Waals surface area contributed by atoms with Crippen molar-refractivity contribution in [2.24, 2.45) is 0 Å². The van der Waals surface area contributed by atoms with E-state index in [0.29, 0.717) is 13.1 Å². The van der Waals surface area contributed by atoms with Gasteiger partial charge in [-0.25, -0.2) is 0 Å². The molecule has 0 radical (unpaired) electrons. The van der Waals surface area contributed by atoms with Gasteiger partial charge in [-0.1, -0.05) is 37.3 Å². The standard InChI is InChI=1S/C14H22N2O.ClH/c1-4-12(2)16(14(17)10-15-3)11-13-8-6-5-7-9-13;/h5-9,12,15H,4,10-11H2,1-3H3;1H. The fraction of sp³-hybridized carbons (Fsp3) is 0.500. The molecule has 0 saturated heterocycles. The molecule has 1 N–H and O–H groups in total. The van der Waals surface area contributed by atoms with E-state index < -0.39 is 0 Å². The minimum absolute atomic E-state index is 0. The predicted octanol–water partition coefficient (Wildman–Crippen LogP) is 2.45. The Labute approximate surface area is 116 Å². The van der Waals surface area contributed by atoms with Gasteiger partial charge in [-0.3, -0.25) is 4.79 Å². The van der Waals surface area contributed by atoms with E-state index in [9.17, 15) is 4.79 Å². The molecule has 4 heteroatoms. The van der Waals surface area contributed by atoms with Crippen molar-refractivity contribution in [2.45, 2.75) is 32.9 Å². The van der Waals surface area contributed by atoms with Gasteiger partial charge < -0.3 is 10.2 Å². The molecule has 0 aliphatic rings. The summed E-state index contributed by atoms with van der Waals surface area (Å²) in [5.41, 5.74) is 1.18. The van der Waals surface area contributed by atoms with E-state index in [-0.39, 0.29) is 24.4 Å². The van der Waals surface area contributed by atoms with Crippen LogP contribution in [0.2, 0.25) is 0 Å². The number of hydrogen-bond acceptors (Lipinski definition) is 2. The Kier molecular flexibility index (Phi) is 8.42. The minimum Gasteiger partial charge on any atom is -0.335 e. The molecule has 1 unspecified atom stereocenters. The second kappa shape index (κ2) is 8.95. The van der Waals surface area contributed by atoms with Gasteiger partial charge >= 0.3 is 0 Å². The number of carbonyl (C=O) groups is 1. The number of benzene rings is 1. The van der Waals surface area contributed by atoms with E-state index in [1.807, 2.05) is 23.1 Å². The van der Waals surface area contributed by atoms with Crippen LogP contribution in [0.3, 0.4) is 0 Å². The Morgan fingerprint density at radius 1 is 1.33 bits per heavy atom. The Morgan fingerprint density at radius 3 is 2.44 bits per heavy atom. The average Bonchev–Trinajstić information content (AvgIpc) is 2.36. The number of rotatable bonds is 6. The predicted molar refractivity (Wildman–Crippen MR) is 77.9 cm³/mol. The first kappa shape index (κ1) is 16.9. The van der Waals surface area contributed by atoms with Crippen LogP contribution < -0.4 is 5.32 Å². The van der Waals surface area contributed by atoms with Crippen LogP contribution in [0.4, 0.5) is 0 Å². The average molecular weight is 271 g/mol. The Balaban J connectivity index is 0.00000289. The van der Waals surface area contributed by atoms with Crippen molar-refractivity contribution in [1.82, 2.24) is 10.2 Å². The summed E-state index contributed by atoms with van der Waals surface area (Å²) in [6, 6.07) is 10.4. The smallest absolute Gasteiger partial charge is 0.237 e. The summed E-state index contributed by atoms with van der Waals surface area (Å²) in [6.07, 6.45) is 0.974. The van der Waals surface area contributed by atoms with Gasteiger partial charge in [0.15, 0.2) is 0 Å². The molecular formula is C14H23ClN2O. The highest BCUT2D eigenvalue weighted by Crippen LogP contribution is 2.10. The number of likely N-dealkylation sites (N-methyl/N-ethyl adjacent to an activating group) is 1. The molecule has 0 fully saturated rings. The van der Waals surface area contributed by atoms with E-state index in [1.54, 1.807) is 7.05 Å². The molecule has 102 valence electrons. The number of carbonyl (C=O) groups excluding carboxylic acids is 1. The lowest BCUT2D eigenvalue weighted by Crippen LogP contribution is -2.42. The number of nitrogens with zero attached hydrogens (tertiary/aromatic N) is 1. The number of amides is 1. The molecule has 0 saturated carbocycles. The third-order valence-electron chi connectivity index (χ3n) is 2.97. The molecule has 0 bridgehead atoms. The maximum Gasteiger partial charge on any atom is 0.237 e. The molecule has 1 atom stereocenters. The van der Waals surface area contributed by atoms with Crippen molar-refractivity contribution in [1.29, 1.82) is 0 Å². The number of hydrogen-bond donors (Lipinski definition) is 1. The highest BCUT2D eigenvalue weighted by Gasteiger charge is 2.18. The first-order valence-corrected chi connectivity index (χ1v) is 6.17. The summed E-state index contributed by atoms with van der Waals surface area (Å²) < 4.78 is 0. The first-order chi connectivity index (χ1) is 8.19. The van der Waals surface area contributed by atoms with Crippen LogP contribution in [0, 0.1) is 0 Å². The molecular weight excluding hydrogens is 248 g/mol. The Bertz CT molecular complexity index is 343. The summed E-state index contributed by atoms with van der Waals surface area (Å²) in [7, 11) is 1.80. The molecule has 0 spiro atoms. The quantitative estimate of drug-likeness (QED) is 0.861. The maximum atomic E-state index is 12.0. The Hall–Kier alpha value is -1.06. The van der Waals surface area contributed by atoms with Crippen molar-refractivity contribution < 1.29 is 4.79 Å². The van der Waals surface area contributed by atoms with Gasteiger partial charge in [0.25, 0.3) is 0 Å². The molecule has 0 aromatic heterocycles. The van der Waals surface area contributed by atoms with E-state index >= 15 is 0 Å². The topological polar surface area (TPSA) is 32.3 Å². The molecule has 1 aromatic rings. The number of halogens is 1. The van der Waals surface area contributed by atoms with Gasteiger partial charge in [-0.05, 0) is 26.0 Å². The highest BCUT2D eigenvalue weighted by molar-refractivity contribution is 5.85. The van der Waals surface area contributed by atoms with E-state index in [4.69, 9.17) is 0 Å². The SMILES string of the molecule is CCC(C)N(Cc1ccccc1)C(=O)CNC.Cl. The third kappa shape index (κ3) is 5.07. The fourth-order valence-electron chi connectivity index (χ4n) is 1.74. The molecule has 0 heterocycles. The lowest BCUT2D eigenvalue weighted by Gasteiger charge is -2.28. The van der Waals surface area contributed by atoms with Crippen LogP contribution in [0.1, 0.15) is 25.8 Å². The minimum atomic E-state index is 0. The van der Waals surface area contributed by atoms with E-state index in [1.165, 1.54) is 5.56 Å². The van der Waals surface area contributed by atoms with Crippen LogP contribution in [-0.4, -0.2) is 30.4 Å². The van der Waals surface area contributed by atoms with Crippen molar-refractivity contribution in [3.63, 3.8) is 0 Å². The summed E-state index contributed by atoms with van der Waals surface area (Å²) >= 11 is 0. The third-order valence-corrected chi connectivity index (χ3v) is 2.97. The van der Waals surface area contributed by atoms with Gasteiger partial charge in [0, 0.05) is 12.6 Å². The fourth-order valence-corrected chi connectivity index (χ4v) is 1.74. The van der Waals surface area contributed by atoms with Gasteiger partial charge in [-0.2, -0.15) is 0 Å². The van der Waals surface area contributed by atoms with Crippen LogP contribution in [0.15, 0.2) is 30.3 Å². The molecule has 0 aliphatic carbocycles. The zero-order valence-corrected chi connectivity index (χ0v) is 12.2. The van der Waals surface area contributed by atoms with Gasteiger partial charge in [0.1, 0.15) is 0 Å². The Morgan fingerprint density at radius 2 is 1.94 bits per heavy atom. The maximum absolute atomic E-state index is 12.0. The molecule has 0 aliphatic heterocycles.